The number of phenols is 1. The van der Waals surface area contributed by atoms with Crippen LogP contribution in [-0.4, -0.2) is 49.5 Å². The molecular formula is C17H24N2O6. The molecule has 0 radical (unpaired) electrons. The maximum Gasteiger partial charge on any atom is 0.273 e. The third kappa shape index (κ3) is 5.33. The molecule has 2 atom stereocenters. The van der Waals surface area contributed by atoms with Gasteiger partial charge in [-0.25, -0.2) is 0 Å². The lowest BCUT2D eigenvalue weighted by Crippen LogP contribution is -2.46. The number of carbonyl (C=O) groups is 2. The van der Waals surface area contributed by atoms with E-state index in [0.717, 1.165) is 19.3 Å². The Kier molecular flexibility index (Phi) is 7.03. The fourth-order valence-corrected chi connectivity index (χ4v) is 2.42. The van der Waals surface area contributed by atoms with Gasteiger partial charge >= 0.3 is 0 Å². The second kappa shape index (κ2) is 9.24. The smallest absolute Gasteiger partial charge is 0.273 e. The predicted molar refractivity (Wildman–Crippen MR) is 89.3 cm³/mol. The fourth-order valence-electron chi connectivity index (χ4n) is 2.42. The Morgan fingerprint density at radius 1 is 1.36 bits per heavy atom. The summed E-state index contributed by atoms with van der Waals surface area (Å²) in [5, 5.41) is 9.92. The zero-order valence-electron chi connectivity index (χ0n) is 14.4. The van der Waals surface area contributed by atoms with Gasteiger partial charge in [-0.1, -0.05) is 6.07 Å². The molecule has 1 heterocycles. The van der Waals surface area contributed by atoms with Crippen LogP contribution in [0.5, 0.6) is 11.5 Å². The molecule has 1 aliphatic rings. The minimum Gasteiger partial charge on any atom is -0.504 e. The van der Waals surface area contributed by atoms with Gasteiger partial charge in [0.1, 0.15) is 6.10 Å². The minimum atomic E-state index is -0.746. The number of benzene rings is 1. The molecule has 1 aromatic carbocycles. The Hall–Kier alpha value is -2.32. The molecule has 138 valence electrons. The first kappa shape index (κ1) is 19.0. The van der Waals surface area contributed by atoms with Crippen LogP contribution in [0, 0.1) is 0 Å². The number of amides is 2. The fraction of sp³-hybridized carbons (Fsp3) is 0.529. The van der Waals surface area contributed by atoms with Gasteiger partial charge in [-0.05, 0) is 38.3 Å². The monoisotopic (exact) mass is 352 g/mol. The van der Waals surface area contributed by atoms with Crippen LogP contribution in [0.3, 0.4) is 0 Å². The average molecular weight is 352 g/mol. The van der Waals surface area contributed by atoms with Crippen LogP contribution in [-0.2, 0) is 14.3 Å². The predicted octanol–water partition coefficient (Wildman–Crippen LogP) is 1.14. The molecule has 25 heavy (non-hydrogen) atoms. The van der Waals surface area contributed by atoms with E-state index in [2.05, 4.69) is 10.9 Å². The van der Waals surface area contributed by atoms with Crippen molar-refractivity contribution in [3.63, 3.8) is 0 Å². The molecule has 1 saturated heterocycles. The summed E-state index contributed by atoms with van der Waals surface area (Å²) in [4.78, 5) is 24.0. The summed E-state index contributed by atoms with van der Waals surface area (Å²) in [6.07, 6.45) is 2.32. The SMILES string of the molecule is COc1cccc(C(=O)NNC(=O)C(C)OCC2CCCCO2)c1O. The first-order valence-electron chi connectivity index (χ1n) is 8.22. The third-order valence-electron chi connectivity index (χ3n) is 3.94. The number of hydrogen-bond donors (Lipinski definition) is 3. The number of para-hydroxylation sites is 1. The molecule has 1 fully saturated rings. The molecule has 1 aliphatic heterocycles. The number of ether oxygens (including phenoxy) is 3. The van der Waals surface area contributed by atoms with Crippen molar-refractivity contribution in [3.8, 4) is 11.5 Å². The lowest BCUT2D eigenvalue weighted by molar-refractivity contribution is -0.136. The summed E-state index contributed by atoms with van der Waals surface area (Å²) >= 11 is 0. The van der Waals surface area contributed by atoms with E-state index in [-0.39, 0.29) is 23.2 Å². The average Bonchev–Trinajstić information content (AvgIpc) is 2.64. The van der Waals surface area contributed by atoms with Crippen LogP contribution in [0.15, 0.2) is 18.2 Å². The standard InChI is InChI=1S/C17H24N2O6/c1-11(25-10-12-6-3-4-9-24-12)16(21)18-19-17(22)13-7-5-8-14(23-2)15(13)20/h5,7-8,11-12,20H,3-4,6,9-10H2,1-2H3,(H,18,21)(H,19,22). The van der Waals surface area contributed by atoms with E-state index >= 15 is 0 Å². The van der Waals surface area contributed by atoms with Crippen molar-refractivity contribution in [2.75, 3.05) is 20.3 Å². The van der Waals surface area contributed by atoms with E-state index in [9.17, 15) is 14.7 Å². The Balaban J connectivity index is 1.79. The molecule has 1 aromatic rings. The maximum atomic E-state index is 12.1. The van der Waals surface area contributed by atoms with Crippen molar-refractivity contribution in [1.82, 2.24) is 10.9 Å². The van der Waals surface area contributed by atoms with Crippen LogP contribution in [0.1, 0.15) is 36.5 Å². The van der Waals surface area contributed by atoms with Gasteiger partial charge in [0.2, 0.25) is 0 Å². The number of phenolic OH excluding ortho intramolecular Hbond substituents is 1. The highest BCUT2D eigenvalue weighted by Gasteiger charge is 2.20. The molecular weight excluding hydrogens is 328 g/mol. The summed E-state index contributed by atoms with van der Waals surface area (Å²) in [5.41, 5.74) is 4.51. The molecule has 0 aliphatic carbocycles. The van der Waals surface area contributed by atoms with Gasteiger partial charge in [-0.15, -0.1) is 0 Å². The van der Waals surface area contributed by atoms with Gasteiger partial charge in [-0.3, -0.25) is 20.4 Å². The lowest BCUT2D eigenvalue weighted by Gasteiger charge is -2.23. The van der Waals surface area contributed by atoms with Gasteiger partial charge in [0.05, 0.1) is 25.4 Å². The summed E-state index contributed by atoms with van der Waals surface area (Å²) in [6, 6.07) is 4.50. The van der Waals surface area contributed by atoms with Crippen molar-refractivity contribution in [1.29, 1.82) is 0 Å². The third-order valence-corrected chi connectivity index (χ3v) is 3.94. The topological polar surface area (TPSA) is 106 Å². The molecule has 3 N–H and O–H groups in total. The van der Waals surface area contributed by atoms with Crippen molar-refractivity contribution in [2.24, 2.45) is 0 Å². The van der Waals surface area contributed by atoms with E-state index in [1.54, 1.807) is 13.0 Å². The summed E-state index contributed by atoms with van der Waals surface area (Å²) in [7, 11) is 1.38. The first-order chi connectivity index (χ1) is 12.0. The number of aromatic hydroxyl groups is 1. The van der Waals surface area contributed by atoms with Crippen LogP contribution in [0.25, 0.3) is 0 Å². The Morgan fingerprint density at radius 3 is 2.84 bits per heavy atom. The zero-order chi connectivity index (χ0) is 18.2. The normalized spacial score (nSPS) is 18.2. The summed E-state index contributed by atoms with van der Waals surface area (Å²) in [6.45, 7) is 2.64. The molecule has 2 unspecified atom stereocenters. The molecule has 0 spiro atoms. The summed E-state index contributed by atoms with van der Waals surface area (Å²) < 4.78 is 16.0. The molecule has 8 nitrogen and oxygen atoms in total. The van der Waals surface area contributed by atoms with Crippen LogP contribution in [0.2, 0.25) is 0 Å². The number of methoxy groups -OCH3 is 1. The van der Waals surface area contributed by atoms with Crippen LogP contribution in [0.4, 0.5) is 0 Å². The number of nitrogens with one attached hydrogen (secondary N) is 2. The van der Waals surface area contributed by atoms with Crippen molar-refractivity contribution < 1.29 is 28.9 Å². The van der Waals surface area contributed by atoms with E-state index in [1.807, 2.05) is 0 Å². The van der Waals surface area contributed by atoms with E-state index in [0.29, 0.717) is 13.2 Å². The second-order valence-corrected chi connectivity index (χ2v) is 5.76. The molecule has 8 heteroatoms. The molecule has 2 amide bonds. The number of rotatable bonds is 6. The van der Waals surface area contributed by atoms with Crippen molar-refractivity contribution >= 4 is 11.8 Å². The largest absolute Gasteiger partial charge is 0.504 e. The van der Waals surface area contributed by atoms with Crippen LogP contribution >= 0.6 is 0 Å². The second-order valence-electron chi connectivity index (χ2n) is 5.76. The Morgan fingerprint density at radius 2 is 2.16 bits per heavy atom. The van der Waals surface area contributed by atoms with E-state index in [4.69, 9.17) is 14.2 Å². The van der Waals surface area contributed by atoms with Gasteiger partial charge in [-0.2, -0.15) is 0 Å². The molecule has 0 aromatic heterocycles. The summed E-state index contributed by atoms with van der Waals surface area (Å²) in [5.74, 6) is -1.28. The quantitative estimate of drug-likeness (QED) is 0.663. The highest BCUT2D eigenvalue weighted by atomic mass is 16.5. The molecule has 0 saturated carbocycles. The van der Waals surface area contributed by atoms with Gasteiger partial charge < -0.3 is 19.3 Å². The first-order valence-corrected chi connectivity index (χ1v) is 8.22. The number of hydrazine groups is 1. The van der Waals surface area contributed by atoms with Crippen LogP contribution < -0.4 is 15.6 Å². The van der Waals surface area contributed by atoms with E-state index < -0.39 is 17.9 Å². The van der Waals surface area contributed by atoms with E-state index in [1.165, 1.54) is 19.2 Å². The van der Waals surface area contributed by atoms with Crippen molar-refractivity contribution in [3.05, 3.63) is 23.8 Å². The molecule has 2 rings (SSSR count). The zero-order valence-corrected chi connectivity index (χ0v) is 14.4. The number of carbonyl (C=O) groups excluding carboxylic acids is 2. The van der Waals surface area contributed by atoms with Gasteiger partial charge in [0, 0.05) is 6.61 Å². The maximum absolute atomic E-state index is 12.1. The Bertz CT molecular complexity index is 601. The van der Waals surface area contributed by atoms with Gasteiger partial charge in [0.15, 0.2) is 11.5 Å². The number of hydrogen-bond acceptors (Lipinski definition) is 6. The molecule has 0 bridgehead atoms. The van der Waals surface area contributed by atoms with Crippen molar-refractivity contribution in [2.45, 2.75) is 38.4 Å². The minimum absolute atomic E-state index is 0.00678. The van der Waals surface area contributed by atoms with Gasteiger partial charge in [0.25, 0.3) is 11.8 Å². The highest BCUT2D eigenvalue weighted by Crippen LogP contribution is 2.28. The Labute approximate surface area is 146 Å². The lowest BCUT2D eigenvalue weighted by atomic mass is 10.1. The highest BCUT2D eigenvalue weighted by molar-refractivity contribution is 5.98.